The lowest BCUT2D eigenvalue weighted by Gasteiger charge is -2.10. The molecule has 158 valence electrons. The third kappa shape index (κ3) is 8.06. The zero-order chi connectivity index (χ0) is 22.2. The SMILES string of the molecule is C=C.C=C(C1=C(C)C=C(c2cccnc2)C1)n1cc(CCC)cn1.CC.CCC. The monoisotopic (exact) mass is 393 g/mol. The van der Waals surface area contributed by atoms with Crippen molar-refractivity contribution < 1.29 is 0 Å². The van der Waals surface area contributed by atoms with Crippen LogP contribution in [0.25, 0.3) is 11.3 Å². The van der Waals surface area contributed by atoms with Crippen molar-refractivity contribution in [2.75, 3.05) is 0 Å². The van der Waals surface area contributed by atoms with Crippen LogP contribution in [0.3, 0.4) is 0 Å². The molecule has 1 aliphatic rings. The summed E-state index contributed by atoms with van der Waals surface area (Å²) in [4.78, 5) is 4.21. The molecular weight excluding hydrogens is 354 g/mol. The van der Waals surface area contributed by atoms with Crippen LogP contribution in [0.15, 0.2) is 73.9 Å². The molecule has 3 nitrogen and oxygen atoms in total. The Morgan fingerprint density at radius 2 is 1.79 bits per heavy atom. The average molecular weight is 394 g/mol. The lowest BCUT2D eigenvalue weighted by Crippen LogP contribution is -2.00. The first-order valence-corrected chi connectivity index (χ1v) is 10.6. The quantitative estimate of drug-likeness (QED) is 0.486. The molecule has 0 saturated carbocycles. The number of nitrogens with zero attached hydrogens (tertiary/aromatic N) is 3. The lowest BCUT2D eigenvalue weighted by molar-refractivity contribution is 0.892. The number of aromatic nitrogens is 3. The Morgan fingerprint density at radius 3 is 2.34 bits per heavy atom. The predicted octanol–water partition coefficient (Wildman–Crippen LogP) is 7.75. The Balaban J connectivity index is 0.00000100. The van der Waals surface area contributed by atoms with Crippen molar-refractivity contribution in [2.24, 2.45) is 0 Å². The van der Waals surface area contributed by atoms with E-state index in [2.05, 4.69) is 75.9 Å². The summed E-state index contributed by atoms with van der Waals surface area (Å²) in [7, 11) is 0. The topological polar surface area (TPSA) is 30.7 Å². The van der Waals surface area contributed by atoms with E-state index < -0.39 is 0 Å². The van der Waals surface area contributed by atoms with Crippen molar-refractivity contribution in [3.05, 3.63) is 85.0 Å². The maximum absolute atomic E-state index is 4.46. The van der Waals surface area contributed by atoms with E-state index in [0.29, 0.717) is 0 Å². The maximum atomic E-state index is 4.46. The van der Waals surface area contributed by atoms with E-state index in [-0.39, 0.29) is 0 Å². The molecule has 29 heavy (non-hydrogen) atoms. The van der Waals surface area contributed by atoms with Gasteiger partial charge in [-0.2, -0.15) is 5.10 Å². The van der Waals surface area contributed by atoms with Gasteiger partial charge in [0.2, 0.25) is 0 Å². The summed E-state index contributed by atoms with van der Waals surface area (Å²) in [5.74, 6) is 0. The van der Waals surface area contributed by atoms with Gasteiger partial charge in [0.15, 0.2) is 0 Å². The summed E-state index contributed by atoms with van der Waals surface area (Å²) in [5.41, 5.74) is 7.22. The highest BCUT2D eigenvalue weighted by Crippen LogP contribution is 2.36. The second-order valence-corrected chi connectivity index (χ2v) is 6.45. The van der Waals surface area contributed by atoms with Gasteiger partial charge < -0.3 is 0 Å². The van der Waals surface area contributed by atoms with Crippen LogP contribution in [0.2, 0.25) is 0 Å². The number of hydrogen-bond donors (Lipinski definition) is 0. The second-order valence-electron chi connectivity index (χ2n) is 6.45. The molecule has 0 fully saturated rings. The van der Waals surface area contributed by atoms with Crippen molar-refractivity contribution in [1.29, 1.82) is 0 Å². The van der Waals surface area contributed by atoms with Gasteiger partial charge in [-0.3, -0.25) is 4.98 Å². The van der Waals surface area contributed by atoms with Crippen LogP contribution in [0.5, 0.6) is 0 Å². The van der Waals surface area contributed by atoms with E-state index in [1.165, 1.54) is 34.3 Å². The fourth-order valence-corrected chi connectivity index (χ4v) is 2.86. The zero-order valence-corrected chi connectivity index (χ0v) is 19.3. The molecule has 2 aromatic heterocycles. The summed E-state index contributed by atoms with van der Waals surface area (Å²) in [6.45, 7) is 22.8. The molecule has 0 aromatic carbocycles. The Hall–Kier alpha value is -2.68. The maximum Gasteiger partial charge on any atom is 0.0611 e. The lowest BCUT2D eigenvalue weighted by atomic mass is 10.0. The van der Waals surface area contributed by atoms with Crippen LogP contribution in [0.4, 0.5) is 0 Å². The second kappa shape index (κ2) is 15.3. The van der Waals surface area contributed by atoms with Crippen molar-refractivity contribution in [1.82, 2.24) is 14.8 Å². The smallest absolute Gasteiger partial charge is 0.0611 e. The molecular formula is C26H39N3. The van der Waals surface area contributed by atoms with E-state index in [1.54, 1.807) is 6.20 Å². The highest BCUT2D eigenvalue weighted by atomic mass is 15.3. The van der Waals surface area contributed by atoms with Gasteiger partial charge in [-0.15, -0.1) is 13.2 Å². The van der Waals surface area contributed by atoms with Gasteiger partial charge in [-0.25, -0.2) is 4.68 Å². The molecule has 0 N–H and O–H groups in total. The summed E-state index contributed by atoms with van der Waals surface area (Å²) in [6.07, 6.45) is 14.3. The minimum atomic E-state index is 0.888. The van der Waals surface area contributed by atoms with E-state index in [9.17, 15) is 0 Å². The normalized spacial score (nSPS) is 11.9. The van der Waals surface area contributed by atoms with Gasteiger partial charge in [0.05, 0.1) is 11.9 Å². The van der Waals surface area contributed by atoms with Gasteiger partial charge in [0.1, 0.15) is 0 Å². The molecule has 0 aliphatic heterocycles. The summed E-state index contributed by atoms with van der Waals surface area (Å²) in [5, 5.41) is 4.46. The molecule has 0 saturated heterocycles. The number of hydrogen-bond acceptors (Lipinski definition) is 2. The molecule has 0 amide bonds. The predicted molar refractivity (Wildman–Crippen MR) is 130 cm³/mol. The fourth-order valence-electron chi connectivity index (χ4n) is 2.86. The number of allylic oxidation sites excluding steroid dienone is 5. The molecule has 3 rings (SSSR count). The number of aryl methyl sites for hydroxylation is 1. The van der Waals surface area contributed by atoms with Crippen molar-refractivity contribution in [3.8, 4) is 0 Å². The Bertz CT molecular complexity index is 779. The van der Waals surface area contributed by atoms with Gasteiger partial charge in [-0.1, -0.05) is 66.2 Å². The Morgan fingerprint density at radius 1 is 1.14 bits per heavy atom. The van der Waals surface area contributed by atoms with Gasteiger partial charge >= 0.3 is 0 Å². The molecule has 1 aliphatic carbocycles. The standard InChI is InChI=1S/C19H21N3.C3H8.C2H6.C2H4/c1-4-6-16-11-21-22(13-16)15(3)19-10-18(9-14(19)2)17-7-5-8-20-12-17;1-3-2;2*1-2/h5,7-9,11-13H,3-4,6,10H2,1-2H3;3H2,1-2H3;1-2H3;1-2H2. The van der Waals surface area contributed by atoms with Crippen LogP contribution in [0.1, 0.15) is 71.9 Å². The van der Waals surface area contributed by atoms with Gasteiger partial charge in [-0.05, 0) is 47.3 Å². The molecule has 0 spiro atoms. The zero-order valence-electron chi connectivity index (χ0n) is 19.3. The summed E-state index contributed by atoms with van der Waals surface area (Å²) < 4.78 is 1.91. The minimum Gasteiger partial charge on any atom is -0.264 e. The van der Waals surface area contributed by atoms with Crippen LogP contribution < -0.4 is 0 Å². The first-order chi connectivity index (χ1) is 14.1. The molecule has 2 aromatic rings. The van der Waals surface area contributed by atoms with Gasteiger partial charge in [0, 0.05) is 25.0 Å². The highest BCUT2D eigenvalue weighted by Gasteiger charge is 2.18. The molecule has 2 heterocycles. The molecule has 0 unspecified atom stereocenters. The van der Waals surface area contributed by atoms with Crippen molar-refractivity contribution in [2.45, 2.75) is 67.2 Å². The van der Waals surface area contributed by atoms with Crippen molar-refractivity contribution in [3.63, 3.8) is 0 Å². The van der Waals surface area contributed by atoms with Crippen LogP contribution in [-0.4, -0.2) is 14.8 Å². The number of rotatable bonds is 5. The van der Waals surface area contributed by atoms with E-state index >= 15 is 0 Å². The largest absolute Gasteiger partial charge is 0.264 e. The number of pyridine rings is 1. The average Bonchev–Trinajstić information content (AvgIpc) is 3.39. The van der Waals surface area contributed by atoms with Gasteiger partial charge in [0.25, 0.3) is 0 Å². The summed E-state index contributed by atoms with van der Waals surface area (Å²) >= 11 is 0. The van der Waals surface area contributed by atoms with E-state index in [4.69, 9.17) is 0 Å². The Labute approximate surface area is 178 Å². The first-order valence-electron chi connectivity index (χ1n) is 10.6. The van der Waals surface area contributed by atoms with E-state index in [1.807, 2.05) is 37.0 Å². The summed E-state index contributed by atoms with van der Waals surface area (Å²) in [6, 6.07) is 4.08. The molecule has 0 radical (unpaired) electrons. The fraction of sp³-hybridized carbons (Fsp3) is 0.385. The van der Waals surface area contributed by atoms with E-state index in [0.717, 1.165) is 25.0 Å². The van der Waals surface area contributed by atoms with Crippen LogP contribution in [0, 0.1) is 0 Å². The van der Waals surface area contributed by atoms with Crippen LogP contribution in [-0.2, 0) is 6.42 Å². The highest BCUT2D eigenvalue weighted by molar-refractivity contribution is 5.81. The molecule has 0 atom stereocenters. The first kappa shape index (κ1) is 26.3. The van der Waals surface area contributed by atoms with Crippen LogP contribution >= 0.6 is 0 Å². The molecule has 3 heteroatoms. The third-order valence-electron chi connectivity index (χ3n) is 4.07. The molecule has 0 bridgehead atoms. The Kier molecular flexibility index (Phi) is 13.9. The third-order valence-corrected chi connectivity index (χ3v) is 4.07. The minimum absolute atomic E-state index is 0.888. The van der Waals surface area contributed by atoms with Crippen molar-refractivity contribution >= 4 is 11.3 Å².